The molecule has 0 fully saturated rings. The van der Waals surface area contributed by atoms with Crippen LogP contribution < -0.4 is 15.4 Å². The van der Waals surface area contributed by atoms with E-state index in [9.17, 15) is 31.9 Å². The molecule has 0 aromatic heterocycles. The molecule has 2 aromatic carbocycles. The zero-order valence-electron chi connectivity index (χ0n) is 15.6. The van der Waals surface area contributed by atoms with Crippen LogP contribution >= 0.6 is 0 Å². The summed E-state index contributed by atoms with van der Waals surface area (Å²) in [5.41, 5.74) is 0.377. The van der Waals surface area contributed by atoms with Crippen LogP contribution in [0.15, 0.2) is 48.5 Å². The first kappa shape index (κ1) is 22.7. The molecule has 0 saturated heterocycles. The second kappa shape index (κ2) is 9.72. The third-order valence-corrected chi connectivity index (χ3v) is 3.68. The number of anilines is 1. The van der Waals surface area contributed by atoms with Gasteiger partial charge < -0.3 is 20.3 Å². The van der Waals surface area contributed by atoms with Gasteiger partial charge in [0.1, 0.15) is 11.6 Å². The summed E-state index contributed by atoms with van der Waals surface area (Å²) in [4.78, 5) is 37.0. The van der Waals surface area contributed by atoms with Crippen LogP contribution in [0.3, 0.4) is 0 Å². The molecule has 7 nitrogen and oxygen atoms in total. The molecule has 2 rings (SSSR count). The number of carbonyl (C=O) groups excluding carboxylic acids is 3. The van der Waals surface area contributed by atoms with Crippen LogP contribution in [-0.4, -0.2) is 49.1 Å². The van der Waals surface area contributed by atoms with Gasteiger partial charge in [0.2, 0.25) is 11.8 Å². The molecule has 0 aliphatic carbocycles. The highest BCUT2D eigenvalue weighted by atomic mass is 19.4. The van der Waals surface area contributed by atoms with Crippen molar-refractivity contribution in [1.82, 2.24) is 10.2 Å². The third kappa shape index (κ3) is 7.41. The topological polar surface area (TPSA) is 87.7 Å². The summed E-state index contributed by atoms with van der Waals surface area (Å²) in [6, 6.07) is 9.22. The molecule has 0 heterocycles. The minimum absolute atomic E-state index is 0.169. The largest absolute Gasteiger partial charge is 0.573 e. The van der Waals surface area contributed by atoms with E-state index in [2.05, 4.69) is 15.4 Å². The zero-order valence-corrected chi connectivity index (χ0v) is 15.6. The molecule has 0 radical (unpaired) electrons. The van der Waals surface area contributed by atoms with Gasteiger partial charge in [-0.1, -0.05) is 0 Å². The van der Waals surface area contributed by atoms with E-state index in [-0.39, 0.29) is 24.3 Å². The summed E-state index contributed by atoms with van der Waals surface area (Å²) in [6.07, 6.45) is -4.82. The van der Waals surface area contributed by atoms with Gasteiger partial charge in [-0.3, -0.25) is 14.4 Å². The maximum atomic E-state index is 12.9. The van der Waals surface area contributed by atoms with Crippen LogP contribution in [0.2, 0.25) is 0 Å². The first-order chi connectivity index (χ1) is 14.0. The van der Waals surface area contributed by atoms with Crippen molar-refractivity contribution in [1.29, 1.82) is 0 Å². The minimum atomic E-state index is -4.82. The van der Waals surface area contributed by atoms with Crippen molar-refractivity contribution >= 4 is 23.4 Å². The molecule has 0 atom stereocenters. The second-order valence-electron chi connectivity index (χ2n) is 6.06. The number of amides is 3. The van der Waals surface area contributed by atoms with E-state index in [1.165, 1.54) is 31.3 Å². The van der Waals surface area contributed by atoms with E-state index >= 15 is 0 Å². The van der Waals surface area contributed by atoms with Gasteiger partial charge in [-0.2, -0.15) is 0 Å². The molecule has 11 heteroatoms. The van der Waals surface area contributed by atoms with Crippen LogP contribution in [0.1, 0.15) is 10.4 Å². The highest BCUT2D eigenvalue weighted by Crippen LogP contribution is 2.23. The second-order valence-corrected chi connectivity index (χ2v) is 6.06. The molecule has 0 bridgehead atoms. The maximum Gasteiger partial charge on any atom is 0.573 e. The predicted octanol–water partition coefficient (Wildman–Crippen LogP) is 2.55. The molecule has 3 amide bonds. The summed E-state index contributed by atoms with van der Waals surface area (Å²) >= 11 is 0. The average molecular weight is 427 g/mol. The fourth-order valence-corrected chi connectivity index (χ4v) is 2.24. The number of hydrogen-bond donors (Lipinski definition) is 2. The summed E-state index contributed by atoms with van der Waals surface area (Å²) in [6.45, 7) is -0.741. The summed E-state index contributed by atoms with van der Waals surface area (Å²) in [5, 5.41) is 4.78. The molecule has 2 N–H and O–H groups in total. The Morgan fingerprint density at radius 2 is 1.60 bits per heavy atom. The Morgan fingerprint density at radius 1 is 1.00 bits per heavy atom. The number of halogens is 4. The van der Waals surface area contributed by atoms with Crippen LogP contribution in [0, 0.1) is 5.82 Å². The fourth-order valence-electron chi connectivity index (χ4n) is 2.24. The fraction of sp³-hybridized carbons (Fsp3) is 0.211. The van der Waals surface area contributed by atoms with Crippen molar-refractivity contribution < 1.29 is 36.7 Å². The van der Waals surface area contributed by atoms with E-state index in [0.29, 0.717) is 0 Å². The summed E-state index contributed by atoms with van der Waals surface area (Å²) in [5.74, 6) is -2.68. The molecule has 0 unspecified atom stereocenters. The van der Waals surface area contributed by atoms with Gasteiger partial charge in [-0.25, -0.2) is 4.39 Å². The Hall–Kier alpha value is -3.63. The molecule has 0 aliphatic rings. The normalized spacial score (nSPS) is 10.8. The Kier molecular flexibility index (Phi) is 7.34. The SMILES string of the molecule is CN(CC(=O)Nc1ccc(OC(F)(F)F)cc1)C(=O)CNC(=O)c1ccc(F)cc1. The van der Waals surface area contributed by atoms with Crippen molar-refractivity contribution in [3.63, 3.8) is 0 Å². The predicted molar refractivity (Wildman–Crippen MR) is 98.1 cm³/mol. The third-order valence-electron chi connectivity index (χ3n) is 3.68. The lowest BCUT2D eigenvalue weighted by molar-refractivity contribution is -0.274. The first-order valence-corrected chi connectivity index (χ1v) is 8.47. The lowest BCUT2D eigenvalue weighted by Gasteiger charge is -2.17. The molecule has 0 spiro atoms. The number of benzene rings is 2. The van der Waals surface area contributed by atoms with E-state index in [1.54, 1.807) is 0 Å². The van der Waals surface area contributed by atoms with Gasteiger partial charge in [-0.15, -0.1) is 13.2 Å². The minimum Gasteiger partial charge on any atom is -0.406 e. The van der Waals surface area contributed by atoms with Crippen LogP contribution in [0.4, 0.5) is 23.2 Å². The van der Waals surface area contributed by atoms with Crippen LogP contribution in [0.25, 0.3) is 0 Å². The Balaban J connectivity index is 1.79. The van der Waals surface area contributed by atoms with Gasteiger partial charge >= 0.3 is 6.36 Å². The number of nitrogens with one attached hydrogen (secondary N) is 2. The number of carbonyl (C=O) groups is 3. The van der Waals surface area contributed by atoms with Gasteiger partial charge in [0.25, 0.3) is 5.91 Å². The summed E-state index contributed by atoms with van der Waals surface area (Å²) in [7, 11) is 1.34. The van der Waals surface area contributed by atoms with E-state index < -0.39 is 35.7 Å². The number of rotatable bonds is 7. The molecular formula is C19H17F4N3O4. The average Bonchev–Trinajstić information content (AvgIpc) is 2.66. The number of likely N-dealkylation sites (N-methyl/N-ethyl adjacent to an activating group) is 1. The Bertz CT molecular complexity index is 899. The Labute approximate surface area is 168 Å². The van der Waals surface area contributed by atoms with Crippen molar-refractivity contribution in [2.24, 2.45) is 0 Å². The highest BCUT2D eigenvalue weighted by molar-refractivity contribution is 5.98. The van der Waals surface area contributed by atoms with Crippen LogP contribution in [0.5, 0.6) is 5.75 Å². The van der Waals surface area contributed by atoms with Crippen molar-refractivity contribution in [3.05, 3.63) is 59.9 Å². The Morgan fingerprint density at radius 3 is 2.17 bits per heavy atom. The van der Waals surface area contributed by atoms with Crippen molar-refractivity contribution in [3.8, 4) is 5.75 Å². The smallest absolute Gasteiger partial charge is 0.406 e. The van der Waals surface area contributed by atoms with E-state index in [1.807, 2.05) is 0 Å². The number of alkyl halides is 3. The maximum absolute atomic E-state index is 12.9. The lowest BCUT2D eigenvalue weighted by atomic mass is 10.2. The molecule has 2 aromatic rings. The van der Waals surface area contributed by atoms with E-state index in [0.717, 1.165) is 29.2 Å². The van der Waals surface area contributed by atoms with Gasteiger partial charge in [0.15, 0.2) is 0 Å². The summed E-state index contributed by atoms with van der Waals surface area (Å²) < 4.78 is 53.0. The van der Waals surface area contributed by atoms with Crippen molar-refractivity contribution in [2.75, 3.05) is 25.5 Å². The van der Waals surface area contributed by atoms with Gasteiger partial charge in [-0.05, 0) is 48.5 Å². The quantitative estimate of drug-likeness (QED) is 0.665. The number of ether oxygens (including phenoxy) is 1. The monoisotopic (exact) mass is 427 g/mol. The first-order valence-electron chi connectivity index (χ1n) is 8.47. The lowest BCUT2D eigenvalue weighted by Crippen LogP contribution is -2.41. The number of nitrogens with zero attached hydrogens (tertiary/aromatic N) is 1. The number of hydrogen-bond acceptors (Lipinski definition) is 4. The standard InChI is InChI=1S/C19H17F4N3O4/c1-26(17(28)10-24-18(29)12-2-4-13(20)5-3-12)11-16(27)25-14-6-8-15(9-7-14)30-19(21,22)23/h2-9H,10-11H2,1H3,(H,24,29)(H,25,27). The van der Waals surface area contributed by atoms with E-state index in [4.69, 9.17) is 0 Å². The zero-order chi connectivity index (χ0) is 22.3. The van der Waals surface area contributed by atoms with Crippen LogP contribution in [-0.2, 0) is 9.59 Å². The van der Waals surface area contributed by atoms with Gasteiger partial charge in [0.05, 0.1) is 13.1 Å². The molecule has 0 saturated carbocycles. The van der Waals surface area contributed by atoms with Crippen molar-refractivity contribution in [2.45, 2.75) is 6.36 Å². The highest BCUT2D eigenvalue weighted by Gasteiger charge is 2.31. The molecule has 30 heavy (non-hydrogen) atoms. The molecule has 160 valence electrons. The van der Waals surface area contributed by atoms with Gasteiger partial charge in [0, 0.05) is 18.3 Å². The molecular weight excluding hydrogens is 410 g/mol. The molecule has 0 aliphatic heterocycles.